The molecule has 0 bridgehead atoms. The highest BCUT2D eigenvalue weighted by molar-refractivity contribution is 7.54. The number of aromatic nitrogens is 4. The number of hydrogen-bond donors (Lipinski definition) is 2. The molecule has 0 fully saturated rings. The van der Waals surface area contributed by atoms with Gasteiger partial charge in [-0.2, -0.15) is 0 Å². The van der Waals surface area contributed by atoms with Crippen molar-refractivity contribution in [3.05, 3.63) is 115 Å². The number of rotatable bonds is 13. The smallest absolute Gasteiger partial charge is 0.444 e. The molecule has 0 saturated carbocycles. The van der Waals surface area contributed by atoms with Gasteiger partial charge < -0.3 is 18.5 Å². The number of tetrazole rings is 1. The minimum Gasteiger partial charge on any atom is -0.497 e. The Labute approximate surface area is 238 Å². The van der Waals surface area contributed by atoms with Gasteiger partial charge in [-0.05, 0) is 57.8 Å². The maximum Gasteiger partial charge on any atom is 0.444 e. The topological polar surface area (TPSA) is 120 Å². The van der Waals surface area contributed by atoms with Crippen LogP contribution in [0.3, 0.4) is 0 Å². The summed E-state index contributed by atoms with van der Waals surface area (Å²) in [6, 6.07) is 31.7. The minimum absolute atomic E-state index is 0.144. The fourth-order valence-electron chi connectivity index (χ4n) is 4.22. The molecule has 1 heterocycles. The van der Waals surface area contributed by atoms with E-state index < -0.39 is 13.6 Å². The van der Waals surface area contributed by atoms with Crippen molar-refractivity contribution in [3.8, 4) is 34.1 Å². The van der Waals surface area contributed by atoms with Gasteiger partial charge >= 0.3 is 7.60 Å². The monoisotopic (exact) mass is 571 g/mol. The molecule has 5 rings (SSSR count). The molecule has 0 radical (unpaired) electrons. The van der Waals surface area contributed by atoms with Crippen LogP contribution in [0.25, 0.3) is 11.1 Å². The lowest BCUT2D eigenvalue weighted by atomic mass is 10.0. The van der Waals surface area contributed by atoms with Gasteiger partial charge in [0.15, 0.2) is 5.82 Å². The van der Waals surface area contributed by atoms with Gasteiger partial charge in [0, 0.05) is 12.1 Å². The van der Waals surface area contributed by atoms with Crippen molar-refractivity contribution in [2.75, 3.05) is 20.5 Å². The second kappa shape index (κ2) is 13.1. The van der Waals surface area contributed by atoms with Crippen molar-refractivity contribution in [1.29, 1.82) is 0 Å². The average molecular weight is 572 g/mol. The SMILES string of the molecule is COc1cccc(OP(=O)(CNC(Cc2ccc(-c3ccccc3)cc2)c2nnn[nH]2)Oc2cccc(OC)c2)c1. The summed E-state index contributed by atoms with van der Waals surface area (Å²) in [6.45, 7) is 0. The third kappa shape index (κ3) is 7.51. The summed E-state index contributed by atoms with van der Waals surface area (Å²) in [4.78, 5) is 0. The Morgan fingerprint density at radius 1 is 0.756 bits per heavy atom. The van der Waals surface area contributed by atoms with Gasteiger partial charge in [-0.3, -0.25) is 5.32 Å². The van der Waals surface area contributed by atoms with Crippen LogP contribution in [0.1, 0.15) is 17.4 Å². The zero-order valence-electron chi connectivity index (χ0n) is 22.6. The molecule has 4 aromatic carbocycles. The maximum absolute atomic E-state index is 14.2. The molecule has 11 heteroatoms. The number of methoxy groups -OCH3 is 2. The molecule has 1 unspecified atom stereocenters. The largest absolute Gasteiger partial charge is 0.497 e. The molecule has 1 atom stereocenters. The zero-order chi connectivity index (χ0) is 28.5. The average Bonchev–Trinajstić information content (AvgIpc) is 3.55. The number of aromatic amines is 1. The number of benzene rings is 4. The number of nitrogens with zero attached hydrogens (tertiary/aromatic N) is 3. The Bertz CT molecular complexity index is 1530. The number of H-pyrrole nitrogens is 1. The predicted molar refractivity (Wildman–Crippen MR) is 155 cm³/mol. The van der Waals surface area contributed by atoms with Gasteiger partial charge in [0.25, 0.3) is 0 Å². The van der Waals surface area contributed by atoms with E-state index in [2.05, 4.69) is 62.3 Å². The molecular weight excluding hydrogens is 541 g/mol. The fourth-order valence-corrected chi connectivity index (χ4v) is 5.70. The fraction of sp³-hybridized carbons (Fsp3) is 0.167. The summed E-state index contributed by atoms with van der Waals surface area (Å²) in [5.41, 5.74) is 3.29. The summed E-state index contributed by atoms with van der Waals surface area (Å²) in [6.07, 6.45) is 0.374. The highest BCUT2D eigenvalue weighted by atomic mass is 31.2. The Kier molecular flexibility index (Phi) is 8.93. The van der Waals surface area contributed by atoms with E-state index in [1.54, 1.807) is 62.8 Å². The van der Waals surface area contributed by atoms with Crippen molar-refractivity contribution in [2.24, 2.45) is 0 Å². The Morgan fingerprint density at radius 3 is 1.90 bits per heavy atom. The third-order valence-corrected chi connectivity index (χ3v) is 7.84. The molecule has 0 aliphatic carbocycles. The first kappa shape index (κ1) is 27.9. The standard InChI is InChI=1S/C30H30N5O5P/c1-37-25-10-6-12-27(19-25)39-41(36,40-28-13-7-11-26(20-28)38-2)21-31-29(30-32-34-35-33-30)18-22-14-16-24(17-15-22)23-8-4-3-5-9-23/h3-17,19-20,29,31H,18,21H2,1-2H3,(H,32,33,34,35). The van der Waals surface area contributed by atoms with Crippen LogP contribution in [0.15, 0.2) is 103 Å². The number of nitrogens with one attached hydrogen (secondary N) is 2. The second-order valence-corrected chi connectivity index (χ2v) is 11.0. The molecule has 0 amide bonds. The summed E-state index contributed by atoms with van der Waals surface area (Å²) in [5.74, 6) is 2.30. The van der Waals surface area contributed by atoms with Crippen LogP contribution < -0.4 is 23.8 Å². The normalized spacial score (nSPS) is 12.0. The second-order valence-electron chi connectivity index (χ2n) is 9.12. The highest BCUT2D eigenvalue weighted by Gasteiger charge is 2.31. The van der Waals surface area contributed by atoms with Gasteiger partial charge in [0.2, 0.25) is 0 Å². The first-order valence-corrected chi connectivity index (χ1v) is 14.6. The molecule has 0 spiro atoms. The summed E-state index contributed by atoms with van der Waals surface area (Å²) in [7, 11) is -0.735. The summed E-state index contributed by atoms with van der Waals surface area (Å²) >= 11 is 0. The van der Waals surface area contributed by atoms with E-state index in [1.165, 1.54) is 0 Å². The number of hydrogen-bond acceptors (Lipinski definition) is 9. The van der Waals surface area contributed by atoms with Gasteiger partial charge in [0.05, 0.1) is 20.3 Å². The highest BCUT2D eigenvalue weighted by Crippen LogP contribution is 2.49. The lowest BCUT2D eigenvalue weighted by Gasteiger charge is -2.23. The summed E-state index contributed by atoms with van der Waals surface area (Å²) < 4.78 is 36.8. The Balaban J connectivity index is 1.37. The van der Waals surface area contributed by atoms with Gasteiger partial charge in [-0.25, -0.2) is 9.66 Å². The van der Waals surface area contributed by atoms with E-state index in [-0.39, 0.29) is 6.29 Å². The minimum atomic E-state index is -3.84. The van der Waals surface area contributed by atoms with Gasteiger partial charge in [0.1, 0.15) is 29.3 Å². The van der Waals surface area contributed by atoms with Crippen molar-refractivity contribution < 1.29 is 23.1 Å². The lowest BCUT2D eigenvalue weighted by molar-refractivity contribution is 0.369. The van der Waals surface area contributed by atoms with E-state index in [9.17, 15) is 4.57 Å². The Morgan fingerprint density at radius 2 is 1.34 bits per heavy atom. The van der Waals surface area contributed by atoms with Crippen LogP contribution in [0.2, 0.25) is 0 Å². The van der Waals surface area contributed by atoms with Crippen molar-refractivity contribution in [3.63, 3.8) is 0 Å². The van der Waals surface area contributed by atoms with Crippen LogP contribution >= 0.6 is 7.60 Å². The van der Waals surface area contributed by atoms with Crippen LogP contribution in [-0.2, 0) is 11.0 Å². The maximum atomic E-state index is 14.2. The lowest BCUT2D eigenvalue weighted by Crippen LogP contribution is -2.27. The van der Waals surface area contributed by atoms with E-state index in [4.69, 9.17) is 18.5 Å². The van der Waals surface area contributed by atoms with Crippen LogP contribution in [0.4, 0.5) is 0 Å². The van der Waals surface area contributed by atoms with Gasteiger partial charge in [-0.15, -0.1) is 5.10 Å². The quantitative estimate of drug-likeness (QED) is 0.162. The summed E-state index contributed by atoms with van der Waals surface area (Å²) in [5, 5.41) is 17.7. The number of ether oxygens (including phenoxy) is 2. The van der Waals surface area contributed by atoms with Crippen LogP contribution in [0.5, 0.6) is 23.0 Å². The first-order chi connectivity index (χ1) is 20.0. The van der Waals surface area contributed by atoms with E-state index in [1.807, 2.05) is 18.2 Å². The molecule has 41 heavy (non-hydrogen) atoms. The van der Waals surface area contributed by atoms with Crippen LogP contribution in [0, 0.1) is 0 Å². The molecule has 0 aliphatic rings. The molecule has 0 aliphatic heterocycles. The van der Waals surface area contributed by atoms with Gasteiger partial charge in [-0.1, -0.05) is 66.7 Å². The van der Waals surface area contributed by atoms with Crippen LogP contribution in [-0.4, -0.2) is 41.1 Å². The van der Waals surface area contributed by atoms with E-state index in [0.29, 0.717) is 35.2 Å². The molecule has 0 saturated heterocycles. The van der Waals surface area contributed by atoms with E-state index >= 15 is 0 Å². The third-order valence-electron chi connectivity index (χ3n) is 6.30. The molecule has 2 N–H and O–H groups in total. The Hall–Kier alpha value is -4.66. The molecule has 210 valence electrons. The van der Waals surface area contributed by atoms with Crippen molar-refractivity contribution in [2.45, 2.75) is 12.5 Å². The van der Waals surface area contributed by atoms with Crippen molar-refractivity contribution >= 4 is 7.60 Å². The molecular formula is C30H30N5O5P. The molecule has 1 aromatic heterocycles. The first-order valence-electron chi connectivity index (χ1n) is 12.9. The van der Waals surface area contributed by atoms with Crippen molar-refractivity contribution in [1.82, 2.24) is 25.9 Å². The van der Waals surface area contributed by atoms with E-state index in [0.717, 1.165) is 16.7 Å². The zero-order valence-corrected chi connectivity index (χ0v) is 23.5. The molecule has 10 nitrogen and oxygen atoms in total. The predicted octanol–water partition coefficient (Wildman–Crippen LogP) is 6.07. The molecule has 5 aromatic rings.